The minimum atomic E-state index is 0.559. The number of hydrogen-bond donors (Lipinski definition) is 2. The Balaban J connectivity index is 1.42. The molecule has 0 bridgehead atoms. The predicted octanol–water partition coefficient (Wildman–Crippen LogP) is 2.71. The summed E-state index contributed by atoms with van der Waals surface area (Å²) in [4.78, 5) is 4.79. The lowest BCUT2D eigenvalue weighted by atomic mass is 10.2. The highest BCUT2D eigenvalue weighted by atomic mass is 35.5. The third kappa shape index (κ3) is 4.24. The van der Waals surface area contributed by atoms with Crippen LogP contribution in [0.5, 0.6) is 5.75 Å². The second kappa shape index (κ2) is 7.64. The average molecular weight is 347 g/mol. The number of hydrogen-bond acceptors (Lipinski definition) is 5. The van der Waals surface area contributed by atoms with Crippen LogP contribution in [-0.2, 0) is 0 Å². The first kappa shape index (κ1) is 16.7. The molecule has 0 amide bonds. The van der Waals surface area contributed by atoms with Gasteiger partial charge in [-0.05, 0) is 36.4 Å². The molecule has 1 aliphatic rings. The lowest BCUT2D eigenvalue weighted by Gasteiger charge is -2.36. The molecular weight excluding hydrogens is 324 g/mol. The third-order valence-corrected chi connectivity index (χ3v) is 4.55. The molecule has 0 atom stereocenters. The zero-order valence-electron chi connectivity index (χ0n) is 13.6. The molecule has 6 heteroatoms. The second-order valence-corrected chi connectivity index (χ2v) is 6.38. The van der Waals surface area contributed by atoms with Crippen LogP contribution in [0.4, 0.5) is 17.1 Å². The van der Waals surface area contributed by atoms with Gasteiger partial charge in [-0.3, -0.25) is 4.90 Å². The fourth-order valence-corrected chi connectivity index (χ4v) is 2.94. The first-order chi connectivity index (χ1) is 11.6. The van der Waals surface area contributed by atoms with Crippen LogP contribution in [-0.4, -0.2) is 44.2 Å². The highest BCUT2D eigenvalue weighted by Gasteiger charge is 2.17. The number of piperazine rings is 1. The van der Waals surface area contributed by atoms with Crippen molar-refractivity contribution >= 4 is 28.7 Å². The van der Waals surface area contributed by atoms with Gasteiger partial charge in [0, 0.05) is 49.5 Å². The van der Waals surface area contributed by atoms with E-state index in [4.69, 9.17) is 27.8 Å². The van der Waals surface area contributed by atoms with Crippen molar-refractivity contribution in [3.8, 4) is 5.75 Å². The maximum Gasteiger partial charge on any atom is 0.121 e. The molecule has 0 aromatic heterocycles. The molecule has 0 spiro atoms. The summed E-state index contributed by atoms with van der Waals surface area (Å²) in [5.74, 6) is 0.765. The van der Waals surface area contributed by atoms with Gasteiger partial charge in [-0.25, -0.2) is 0 Å². The first-order valence-corrected chi connectivity index (χ1v) is 8.50. The van der Waals surface area contributed by atoms with Crippen LogP contribution < -0.4 is 21.1 Å². The minimum absolute atomic E-state index is 0.559. The van der Waals surface area contributed by atoms with Crippen molar-refractivity contribution < 1.29 is 4.74 Å². The Morgan fingerprint density at radius 3 is 2.29 bits per heavy atom. The molecule has 24 heavy (non-hydrogen) atoms. The largest absolute Gasteiger partial charge is 0.492 e. The molecule has 0 radical (unpaired) electrons. The summed E-state index contributed by atoms with van der Waals surface area (Å²) in [5.41, 5.74) is 13.9. The summed E-state index contributed by atoms with van der Waals surface area (Å²) < 4.78 is 5.76. The third-order valence-electron chi connectivity index (χ3n) is 4.30. The topological polar surface area (TPSA) is 67.8 Å². The van der Waals surface area contributed by atoms with E-state index in [2.05, 4.69) is 21.9 Å². The number of anilines is 3. The molecule has 0 aliphatic carbocycles. The maximum absolute atomic E-state index is 5.94. The van der Waals surface area contributed by atoms with E-state index >= 15 is 0 Å². The quantitative estimate of drug-likeness (QED) is 0.815. The van der Waals surface area contributed by atoms with E-state index in [-0.39, 0.29) is 0 Å². The zero-order valence-corrected chi connectivity index (χ0v) is 14.4. The van der Waals surface area contributed by atoms with Gasteiger partial charge < -0.3 is 21.1 Å². The number of nitrogen functional groups attached to an aromatic ring is 2. The summed E-state index contributed by atoms with van der Waals surface area (Å²) in [6, 6.07) is 13.4. The number of halogens is 1. The lowest BCUT2D eigenvalue weighted by molar-refractivity contribution is 0.200. The van der Waals surface area contributed by atoms with Crippen LogP contribution in [0.1, 0.15) is 0 Å². The van der Waals surface area contributed by atoms with Gasteiger partial charge in [-0.2, -0.15) is 0 Å². The molecule has 1 saturated heterocycles. The number of nitrogens with zero attached hydrogens (tertiary/aromatic N) is 2. The van der Waals surface area contributed by atoms with Crippen LogP contribution in [0.15, 0.2) is 42.5 Å². The zero-order chi connectivity index (χ0) is 16.9. The Labute approximate surface area is 147 Å². The standard InChI is InChI=1S/C18H23ClN4O/c19-14-1-3-15(4-2-14)23-9-7-22(8-10-23)11-12-24-16-5-6-17(20)18(21)13-16/h1-6,13H,7-12,20-21H2. The molecule has 0 saturated carbocycles. The molecular formula is C18H23ClN4O. The van der Waals surface area contributed by atoms with Gasteiger partial charge in [-0.1, -0.05) is 11.6 Å². The SMILES string of the molecule is Nc1ccc(OCCN2CCN(c3ccc(Cl)cc3)CC2)cc1N. The van der Waals surface area contributed by atoms with E-state index in [1.54, 1.807) is 12.1 Å². The summed E-state index contributed by atoms with van der Waals surface area (Å²) in [7, 11) is 0. The molecule has 1 fully saturated rings. The fraction of sp³-hybridized carbons (Fsp3) is 0.333. The maximum atomic E-state index is 5.94. The average Bonchev–Trinajstić information content (AvgIpc) is 2.59. The van der Waals surface area contributed by atoms with Crippen molar-refractivity contribution in [3.63, 3.8) is 0 Å². The molecule has 1 aliphatic heterocycles. The van der Waals surface area contributed by atoms with E-state index < -0.39 is 0 Å². The van der Waals surface area contributed by atoms with Crippen LogP contribution in [0.3, 0.4) is 0 Å². The summed E-state index contributed by atoms with van der Waals surface area (Å²) >= 11 is 5.94. The summed E-state index contributed by atoms with van der Waals surface area (Å²) in [6.45, 7) is 5.61. The smallest absolute Gasteiger partial charge is 0.121 e. The van der Waals surface area contributed by atoms with Crippen LogP contribution >= 0.6 is 11.6 Å². The Kier molecular flexibility index (Phi) is 5.33. The van der Waals surface area contributed by atoms with Crippen molar-refractivity contribution in [2.45, 2.75) is 0 Å². The van der Waals surface area contributed by atoms with Crippen LogP contribution in [0.2, 0.25) is 5.02 Å². The van der Waals surface area contributed by atoms with Crippen molar-refractivity contribution in [2.24, 2.45) is 0 Å². The number of nitrogens with two attached hydrogens (primary N) is 2. The Morgan fingerprint density at radius 1 is 0.917 bits per heavy atom. The normalized spacial score (nSPS) is 15.5. The van der Waals surface area contributed by atoms with Gasteiger partial charge in [0.05, 0.1) is 11.4 Å². The van der Waals surface area contributed by atoms with Gasteiger partial charge in [0.25, 0.3) is 0 Å². The highest BCUT2D eigenvalue weighted by molar-refractivity contribution is 6.30. The minimum Gasteiger partial charge on any atom is -0.492 e. The van der Waals surface area contributed by atoms with Gasteiger partial charge in [-0.15, -0.1) is 0 Å². The molecule has 5 nitrogen and oxygen atoms in total. The van der Waals surface area contributed by atoms with E-state index in [9.17, 15) is 0 Å². The Morgan fingerprint density at radius 2 is 1.62 bits per heavy atom. The first-order valence-electron chi connectivity index (χ1n) is 8.12. The van der Waals surface area contributed by atoms with Crippen LogP contribution in [0, 0.1) is 0 Å². The van der Waals surface area contributed by atoms with Crippen LogP contribution in [0.25, 0.3) is 0 Å². The van der Waals surface area contributed by atoms with E-state index in [0.29, 0.717) is 18.0 Å². The summed E-state index contributed by atoms with van der Waals surface area (Å²) in [5, 5.41) is 0.776. The second-order valence-electron chi connectivity index (χ2n) is 5.94. The predicted molar refractivity (Wildman–Crippen MR) is 101 cm³/mol. The van der Waals surface area contributed by atoms with Crippen molar-refractivity contribution in [2.75, 3.05) is 55.7 Å². The molecule has 4 N–H and O–H groups in total. The van der Waals surface area contributed by atoms with Crippen molar-refractivity contribution in [1.82, 2.24) is 4.90 Å². The van der Waals surface area contributed by atoms with E-state index in [1.165, 1.54) is 5.69 Å². The number of benzene rings is 2. The highest BCUT2D eigenvalue weighted by Crippen LogP contribution is 2.22. The molecule has 1 heterocycles. The van der Waals surface area contributed by atoms with Gasteiger partial charge in [0.2, 0.25) is 0 Å². The Hall–Kier alpha value is -2.11. The van der Waals surface area contributed by atoms with E-state index in [1.807, 2.05) is 18.2 Å². The van der Waals surface area contributed by atoms with Crippen molar-refractivity contribution in [1.29, 1.82) is 0 Å². The van der Waals surface area contributed by atoms with Crippen molar-refractivity contribution in [3.05, 3.63) is 47.5 Å². The monoisotopic (exact) mass is 346 g/mol. The molecule has 3 rings (SSSR count). The molecule has 0 unspecified atom stereocenters. The summed E-state index contributed by atoms with van der Waals surface area (Å²) in [6.07, 6.45) is 0. The van der Waals surface area contributed by atoms with Gasteiger partial charge >= 0.3 is 0 Å². The number of ether oxygens (including phenoxy) is 1. The molecule has 2 aromatic carbocycles. The Bertz CT molecular complexity index is 669. The van der Waals surface area contributed by atoms with Gasteiger partial charge in [0.1, 0.15) is 12.4 Å². The fourth-order valence-electron chi connectivity index (χ4n) is 2.82. The molecule has 128 valence electrons. The molecule has 2 aromatic rings. The van der Waals surface area contributed by atoms with E-state index in [0.717, 1.165) is 43.5 Å². The number of rotatable bonds is 5. The van der Waals surface area contributed by atoms with Gasteiger partial charge in [0.15, 0.2) is 0 Å². The lowest BCUT2D eigenvalue weighted by Crippen LogP contribution is -2.47.